The summed E-state index contributed by atoms with van der Waals surface area (Å²) in [5, 5.41) is 3.00. The minimum Gasteiger partial charge on any atom is -0.356 e. The van der Waals surface area contributed by atoms with Gasteiger partial charge in [-0.3, -0.25) is 4.79 Å². The second-order valence-electron chi connectivity index (χ2n) is 7.67. The van der Waals surface area contributed by atoms with E-state index in [9.17, 15) is 17.6 Å². The molecule has 1 fully saturated rings. The largest absolute Gasteiger partial charge is 0.356 e. The second-order valence-corrected chi connectivity index (χ2v) is 9.64. The SMILES string of the molecule is O=C(NCCC1=CCCCC1)C1CCN(S(=O)(=O)Cc2ccccc2F)CC1. The third-order valence-electron chi connectivity index (χ3n) is 5.64. The van der Waals surface area contributed by atoms with Crippen LogP contribution in [-0.4, -0.2) is 38.3 Å². The molecular weight excluding hydrogens is 379 g/mol. The topological polar surface area (TPSA) is 66.5 Å². The molecule has 1 saturated heterocycles. The molecule has 0 aromatic heterocycles. The number of amides is 1. The van der Waals surface area contributed by atoms with Crippen molar-refractivity contribution in [3.05, 3.63) is 47.3 Å². The number of carbonyl (C=O) groups excluding carboxylic acids is 1. The van der Waals surface area contributed by atoms with Crippen LogP contribution < -0.4 is 5.32 Å². The molecule has 1 aromatic carbocycles. The molecule has 1 heterocycles. The molecule has 1 aromatic rings. The first-order valence-corrected chi connectivity index (χ1v) is 11.7. The van der Waals surface area contributed by atoms with Gasteiger partial charge >= 0.3 is 0 Å². The van der Waals surface area contributed by atoms with Gasteiger partial charge in [-0.2, -0.15) is 0 Å². The highest BCUT2D eigenvalue weighted by molar-refractivity contribution is 7.88. The van der Waals surface area contributed by atoms with Gasteiger partial charge in [0, 0.05) is 31.1 Å². The van der Waals surface area contributed by atoms with E-state index in [0.717, 1.165) is 19.3 Å². The summed E-state index contributed by atoms with van der Waals surface area (Å²) in [5.74, 6) is -0.984. The van der Waals surface area contributed by atoms with Crippen LogP contribution in [0.15, 0.2) is 35.9 Å². The first-order valence-electron chi connectivity index (χ1n) is 10.1. The normalized spacial score (nSPS) is 19.2. The maximum absolute atomic E-state index is 13.8. The number of hydrogen-bond donors (Lipinski definition) is 1. The summed E-state index contributed by atoms with van der Waals surface area (Å²) in [6, 6.07) is 5.94. The van der Waals surface area contributed by atoms with Crippen molar-refractivity contribution in [1.82, 2.24) is 9.62 Å². The number of halogens is 1. The van der Waals surface area contributed by atoms with E-state index in [1.807, 2.05) is 0 Å². The molecule has 2 aliphatic rings. The summed E-state index contributed by atoms with van der Waals surface area (Å²) in [4.78, 5) is 12.4. The van der Waals surface area contributed by atoms with Gasteiger partial charge in [0.25, 0.3) is 0 Å². The van der Waals surface area contributed by atoms with Crippen molar-refractivity contribution in [3.63, 3.8) is 0 Å². The second kappa shape index (κ2) is 9.65. The molecule has 0 saturated carbocycles. The van der Waals surface area contributed by atoms with E-state index >= 15 is 0 Å². The van der Waals surface area contributed by atoms with E-state index in [-0.39, 0.29) is 23.1 Å². The molecule has 0 unspecified atom stereocenters. The minimum atomic E-state index is -3.59. The molecule has 0 radical (unpaired) electrons. The number of piperidine rings is 1. The summed E-state index contributed by atoms with van der Waals surface area (Å²) < 4.78 is 40.3. The highest BCUT2D eigenvalue weighted by atomic mass is 32.2. The molecule has 3 rings (SSSR count). The van der Waals surface area contributed by atoms with Crippen LogP contribution in [0.1, 0.15) is 50.5 Å². The van der Waals surface area contributed by atoms with Gasteiger partial charge in [-0.25, -0.2) is 17.1 Å². The van der Waals surface area contributed by atoms with Crippen molar-refractivity contribution < 1.29 is 17.6 Å². The predicted octanol–water partition coefficient (Wildman–Crippen LogP) is 3.37. The highest BCUT2D eigenvalue weighted by Gasteiger charge is 2.31. The van der Waals surface area contributed by atoms with Crippen LogP contribution in [0.3, 0.4) is 0 Å². The Morgan fingerprint density at radius 1 is 1.18 bits per heavy atom. The third kappa shape index (κ3) is 5.64. The van der Waals surface area contributed by atoms with Gasteiger partial charge in [-0.1, -0.05) is 29.8 Å². The Labute approximate surface area is 167 Å². The average molecular weight is 409 g/mol. The van der Waals surface area contributed by atoms with Crippen LogP contribution in [-0.2, 0) is 20.6 Å². The van der Waals surface area contributed by atoms with E-state index in [1.54, 1.807) is 12.1 Å². The van der Waals surface area contributed by atoms with Gasteiger partial charge in [-0.05, 0) is 51.0 Å². The van der Waals surface area contributed by atoms with Crippen molar-refractivity contribution in [1.29, 1.82) is 0 Å². The lowest BCUT2D eigenvalue weighted by Gasteiger charge is -2.30. The molecule has 28 heavy (non-hydrogen) atoms. The molecule has 5 nitrogen and oxygen atoms in total. The monoisotopic (exact) mass is 408 g/mol. The zero-order valence-electron chi connectivity index (χ0n) is 16.2. The van der Waals surface area contributed by atoms with Gasteiger partial charge in [0.1, 0.15) is 5.82 Å². The predicted molar refractivity (Wildman–Crippen MR) is 107 cm³/mol. The number of nitrogens with zero attached hydrogens (tertiary/aromatic N) is 1. The Bertz CT molecular complexity index is 815. The van der Waals surface area contributed by atoms with Crippen molar-refractivity contribution in [2.24, 2.45) is 5.92 Å². The van der Waals surface area contributed by atoms with E-state index in [2.05, 4.69) is 11.4 Å². The molecule has 1 N–H and O–H groups in total. The van der Waals surface area contributed by atoms with E-state index < -0.39 is 15.8 Å². The van der Waals surface area contributed by atoms with Crippen LogP contribution in [0, 0.1) is 11.7 Å². The molecular formula is C21H29FN2O3S. The van der Waals surface area contributed by atoms with Crippen LogP contribution in [0.25, 0.3) is 0 Å². The summed E-state index contributed by atoms with van der Waals surface area (Å²) in [6.07, 6.45) is 8.97. The van der Waals surface area contributed by atoms with Crippen molar-refractivity contribution in [2.75, 3.05) is 19.6 Å². The van der Waals surface area contributed by atoms with E-state index in [4.69, 9.17) is 0 Å². The standard InChI is InChI=1S/C21H29FN2O3S/c22-20-9-5-4-8-19(20)16-28(26,27)24-14-11-18(12-15-24)21(25)23-13-10-17-6-2-1-3-7-17/h4-6,8-9,18H,1-3,7,10-16H2,(H,23,25). The Hall–Kier alpha value is -1.73. The number of rotatable bonds is 7. The highest BCUT2D eigenvalue weighted by Crippen LogP contribution is 2.23. The fourth-order valence-electron chi connectivity index (χ4n) is 3.92. The Morgan fingerprint density at radius 3 is 2.61 bits per heavy atom. The Kier molecular flexibility index (Phi) is 7.24. The smallest absolute Gasteiger partial charge is 0.223 e. The Morgan fingerprint density at radius 2 is 1.93 bits per heavy atom. The average Bonchev–Trinajstić information content (AvgIpc) is 2.70. The lowest BCUT2D eigenvalue weighted by atomic mass is 9.96. The maximum Gasteiger partial charge on any atom is 0.223 e. The zero-order chi connectivity index (χ0) is 20.0. The van der Waals surface area contributed by atoms with Crippen LogP contribution in [0.5, 0.6) is 0 Å². The first-order chi connectivity index (χ1) is 13.5. The number of carbonyl (C=O) groups is 1. The van der Waals surface area contributed by atoms with Gasteiger partial charge in [0.15, 0.2) is 0 Å². The van der Waals surface area contributed by atoms with Gasteiger partial charge < -0.3 is 5.32 Å². The number of sulfonamides is 1. The van der Waals surface area contributed by atoms with Gasteiger partial charge in [-0.15, -0.1) is 0 Å². The molecule has 1 amide bonds. The van der Waals surface area contributed by atoms with E-state index in [0.29, 0.717) is 32.5 Å². The van der Waals surface area contributed by atoms with Crippen LogP contribution in [0.4, 0.5) is 4.39 Å². The van der Waals surface area contributed by atoms with Crippen molar-refractivity contribution in [3.8, 4) is 0 Å². The third-order valence-corrected chi connectivity index (χ3v) is 7.47. The summed E-state index contributed by atoms with van der Waals surface area (Å²) >= 11 is 0. The van der Waals surface area contributed by atoms with Gasteiger partial charge in [0.05, 0.1) is 5.75 Å². The lowest BCUT2D eigenvalue weighted by Crippen LogP contribution is -2.43. The van der Waals surface area contributed by atoms with Crippen LogP contribution in [0.2, 0.25) is 0 Å². The fraction of sp³-hybridized carbons (Fsp3) is 0.571. The summed E-state index contributed by atoms with van der Waals surface area (Å²) in [7, 11) is -3.59. The Balaban J connectivity index is 1.44. The van der Waals surface area contributed by atoms with Crippen LogP contribution >= 0.6 is 0 Å². The number of benzene rings is 1. The molecule has 1 aliphatic carbocycles. The minimum absolute atomic E-state index is 0.0163. The molecule has 154 valence electrons. The van der Waals surface area contributed by atoms with Crippen molar-refractivity contribution >= 4 is 15.9 Å². The molecule has 0 atom stereocenters. The zero-order valence-corrected chi connectivity index (χ0v) is 17.0. The molecule has 1 aliphatic heterocycles. The van der Waals surface area contributed by atoms with Gasteiger partial charge in [0.2, 0.25) is 15.9 Å². The molecule has 7 heteroatoms. The fourth-order valence-corrected chi connectivity index (χ4v) is 5.50. The molecule has 0 spiro atoms. The lowest BCUT2D eigenvalue weighted by molar-refractivity contribution is -0.126. The molecule has 0 bridgehead atoms. The maximum atomic E-state index is 13.8. The number of nitrogens with one attached hydrogen (secondary N) is 1. The quantitative estimate of drug-likeness (QED) is 0.704. The summed E-state index contributed by atoms with van der Waals surface area (Å²) in [6.45, 7) is 1.26. The number of allylic oxidation sites excluding steroid dienone is 1. The summed E-state index contributed by atoms with van der Waals surface area (Å²) in [5.41, 5.74) is 1.61. The van der Waals surface area contributed by atoms with E-state index in [1.165, 1.54) is 34.9 Å². The first kappa shape index (κ1) is 21.0. The van der Waals surface area contributed by atoms with Crippen molar-refractivity contribution in [2.45, 2.75) is 50.7 Å². The number of hydrogen-bond acceptors (Lipinski definition) is 3.